The molecule has 0 bridgehead atoms. The Balaban J connectivity index is 2.14. The largest absolute Gasteiger partial charge is 0.383 e. The van der Waals surface area contributed by atoms with Gasteiger partial charge in [0.2, 0.25) is 0 Å². The summed E-state index contributed by atoms with van der Waals surface area (Å²) in [5, 5.41) is 4.36. The molecular weight excluding hydrogens is 284 g/mol. The van der Waals surface area contributed by atoms with Crippen LogP contribution in [0.5, 0.6) is 0 Å². The Bertz CT molecular complexity index is 446. The van der Waals surface area contributed by atoms with E-state index in [4.69, 9.17) is 16.3 Å². The molecule has 118 valence electrons. The van der Waals surface area contributed by atoms with Gasteiger partial charge in [0, 0.05) is 42.5 Å². The fourth-order valence-corrected chi connectivity index (χ4v) is 2.79. The van der Waals surface area contributed by atoms with Crippen LogP contribution in [0.25, 0.3) is 0 Å². The molecule has 0 saturated heterocycles. The summed E-state index contributed by atoms with van der Waals surface area (Å²) in [4.78, 5) is 2.46. The number of hydrogen-bond donors (Lipinski definition) is 1. The average Bonchev–Trinajstić information content (AvgIpc) is 3.26. The number of ether oxygens (including phenoxy) is 1. The van der Waals surface area contributed by atoms with Gasteiger partial charge in [-0.05, 0) is 37.4 Å². The monoisotopic (exact) mass is 310 g/mol. The summed E-state index contributed by atoms with van der Waals surface area (Å²) in [7, 11) is 1.76. The molecule has 1 aliphatic carbocycles. The second kappa shape index (κ2) is 8.02. The highest BCUT2D eigenvalue weighted by molar-refractivity contribution is 6.31. The fraction of sp³-hybridized carbons (Fsp3) is 0.647. The molecule has 0 amide bonds. The first-order valence-corrected chi connectivity index (χ1v) is 8.25. The molecule has 0 spiro atoms. The number of nitrogens with one attached hydrogen (secondary N) is 1. The lowest BCUT2D eigenvalue weighted by Crippen LogP contribution is -2.31. The van der Waals surface area contributed by atoms with Gasteiger partial charge in [-0.3, -0.25) is 0 Å². The van der Waals surface area contributed by atoms with E-state index in [1.54, 1.807) is 7.11 Å². The molecule has 1 aromatic rings. The SMILES string of the molecule is COCCN(c1cccc(Cl)c1CNCC(C)C)C1CC1. The van der Waals surface area contributed by atoms with Crippen LogP contribution in [0.2, 0.25) is 5.02 Å². The van der Waals surface area contributed by atoms with Gasteiger partial charge in [0.25, 0.3) is 0 Å². The molecule has 0 radical (unpaired) electrons. The molecule has 0 heterocycles. The van der Waals surface area contributed by atoms with Crippen molar-refractivity contribution in [3.8, 4) is 0 Å². The Morgan fingerprint density at radius 2 is 2.14 bits per heavy atom. The van der Waals surface area contributed by atoms with E-state index in [0.29, 0.717) is 12.0 Å². The molecule has 1 aliphatic rings. The Morgan fingerprint density at radius 1 is 1.38 bits per heavy atom. The summed E-state index contributed by atoms with van der Waals surface area (Å²) >= 11 is 6.45. The zero-order chi connectivity index (χ0) is 15.2. The van der Waals surface area contributed by atoms with Crippen LogP contribution in [0.3, 0.4) is 0 Å². The molecule has 1 saturated carbocycles. The van der Waals surface area contributed by atoms with Gasteiger partial charge in [-0.25, -0.2) is 0 Å². The van der Waals surface area contributed by atoms with Crippen LogP contribution in [-0.2, 0) is 11.3 Å². The van der Waals surface area contributed by atoms with E-state index in [9.17, 15) is 0 Å². The lowest BCUT2D eigenvalue weighted by atomic mass is 10.1. The third kappa shape index (κ3) is 4.87. The van der Waals surface area contributed by atoms with Crippen LogP contribution in [0, 0.1) is 5.92 Å². The summed E-state index contributed by atoms with van der Waals surface area (Å²) in [5.74, 6) is 0.643. The Kier molecular flexibility index (Phi) is 6.34. The standard InChI is InChI=1S/C17H27ClN2O/c1-13(2)11-19-12-15-16(18)5-4-6-17(15)20(9-10-21-3)14-7-8-14/h4-6,13-14,19H,7-12H2,1-3H3. The highest BCUT2D eigenvalue weighted by Gasteiger charge is 2.30. The van der Waals surface area contributed by atoms with Crippen molar-refractivity contribution in [1.29, 1.82) is 0 Å². The molecular formula is C17H27ClN2O. The predicted octanol–water partition coefficient (Wildman–Crippen LogP) is 3.70. The first-order valence-electron chi connectivity index (χ1n) is 7.87. The van der Waals surface area contributed by atoms with Crippen LogP contribution in [-0.4, -0.2) is 32.8 Å². The van der Waals surface area contributed by atoms with Crippen molar-refractivity contribution in [1.82, 2.24) is 5.32 Å². The van der Waals surface area contributed by atoms with Crippen molar-refractivity contribution < 1.29 is 4.74 Å². The topological polar surface area (TPSA) is 24.5 Å². The van der Waals surface area contributed by atoms with E-state index < -0.39 is 0 Å². The fourth-order valence-electron chi connectivity index (χ4n) is 2.55. The van der Waals surface area contributed by atoms with Gasteiger partial charge in [-0.2, -0.15) is 0 Å². The van der Waals surface area contributed by atoms with Crippen molar-refractivity contribution in [3.05, 3.63) is 28.8 Å². The van der Waals surface area contributed by atoms with Crippen LogP contribution in [0.4, 0.5) is 5.69 Å². The summed E-state index contributed by atoms with van der Waals surface area (Å²) in [5.41, 5.74) is 2.47. The van der Waals surface area contributed by atoms with Crippen molar-refractivity contribution in [3.63, 3.8) is 0 Å². The molecule has 21 heavy (non-hydrogen) atoms. The van der Waals surface area contributed by atoms with E-state index in [2.05, 4.69) is 30.1 Å². The van der Waals surface area contributed by atoms with Gasteiger partial charge in [-0.1, -0.05) is 31.5 Å². The number of benzene rings is 1. The lowest BCUT2D eigenvalue weighted by Gasteiger charge is -2.27. The highest BCUT2D eigenvalue weighted by Crippen LogP contribution is 2.35. The molecule has 1 fully saturated rings. The maximum Gasteiger partial charge on any atom is 0.0637 e. The normalized spacial score (nSPS) is 14.7. The van der Waals surface area contributed by atoms with Gasteiger partial charge in [0.15, 0.2) is 0 Å². The van der Waals surface area contributed by atoms with Crippen LogP contribution >= 0.6 is 11.6 Å². The van der Waals surface area contributed by atoms with Gasteiger partial charge in [-0.15, -0.1) is 0 Å². The zero-order valence-electron chi connectivity index (χ0n) is 13.4. The third-order valence-electron chi connectivity index (χ3n) is 3.78. The predicted molar refractivity (Wildman–Crippen MR) is 90.2 cm³/mol. The minimum Gasteiger partial charge on any atom is -0.383 e. The number of rotatable bonds is 9. The van der Waals surface area contributed by atoms with E-state index in [0.717, 1.165) is 31.3 Å². The van der Waals surface area contributed by atoms with Crippen molar-refractivity contribution in [2.24, 2.45) is 5.92 Å². The molecule has 0 unspecified atom stereocenters. The third-order valence-corrected chi connectivity index (χ3v) is 4.14. The van der Waals surface area contributed by atoms with Gasteiger partial charge >= 0.3 is 0 Å². The molecule has 2 rings (SSSR count). The van der Waals surface area contributed by atoms with Crippen LogP contribution in [0.15, 0.2) is 18.2 Å². The molecule has 0 atom stereocenters. The van der Waals surface area contributed by atoms with Crippen LogP contribution in [0.1, 0.15) is 32.3 Å². The summed E-state index contributed by atoms with van der Waals surface area (Å²) in [6.45, 7) is 7.95. The van der Waals surface area contributed by atoms with E-state index in [1.807, 2.05) is 12.1 Å². The van der Waals surface area contributed by atoms with Crippen LogP contribution < -0.4 is 10.2 Å². The van der Waals surface area contributed by atoms with E-state index in [-0.39, 0.29) is 0 Å². The Labute approximate surface area is 133 Å². The molecule has 0 aliphatic heterocycles. The molecule has 4 heteroatoms. The summed E-state index contributed by atoms with van der Waals surface area (Å²) in [6, 6.07) is 6.87. The summed E-state index contributed by atoms with van der Waals surface area (Å²) in [6.07, 6.45) is 2.55. The van der Waals surface area contributed by atoms with Gasteiger partial charge in [0.05, 0.1) is 6.61 Å². The lowest BCUT2D eigenvalue weighted by molar-refractivity contribution is 0.205. The zero-order valence-corrected chi connectivity index (χ0v) is 14.1. The number of halogens is 1. The van der Waals surface area contributed by atoms with E-state index in [1.165, 1.54) is 24.1 Å². The number of anilines is 1. The van der Waals surface area contributed by atoms with E-state index >= 15 is 0 Å². The van der Waals surface area contributed by atoms with Crippen molar-refractivity contribution in [2.45, 2.75) is 39.3 Å². The average molecular weight is 311 g/mol. The maximum atomic E-state index is 6.45. The first-order chi connectivity index (χ1) is 10.1. The highest BCUT2D eigenvalue weighted by atomic mass is 35.5. The Morgan fingerprint density at radius 3 is 2.76 bits per heavy atom. The molecule has 0 aromatic heterocycles. The molecule has 1 aromatic carbocycles. The second-order valence-electron chi connectivity index (χ2n) is 6.18. The maximum absolute atomic E-state index is 6.45. The minimum absolute atomic E-state index is 0.643. The summed E-state index contributed by atoms with van der Waals surface area (Å²) < 4.78 is 5.26. The molecule has 1 N–H and O–H groups in total. The Hall–Kier alpha value is -0.770. The quantitative estimate of drug-likeness (QED) is 0.752. The first kappa shape index (κ1) is 16.6. The number of methoxy groups -OCH3 is 1. The van der Waals surface area contributed by atoms with Crippen molar-refractivity contribution >= 4 is 17.3 Å². The van der Waals surface area contributed by atoms with Gasteiger partial charge < -0.3 is 15.0 Å². The number of nitrogens with zero attached hydrogens (tertiary/aromatic N) is 1. The van der Waals surface area contributed by atoms with Gasteiger partial charge in [0.1, 0.15) is 0 Å². The van der Waals surface area contributed by atoms with Crippen molar-refractivity contribution in [2.75, 3.05) is 31.7 Å². The second-order valence-corrected chi connectivity index (χ2v) is 6.59. The number of hydrogen-bond acceptors (Lipinski definition) is 3. The minimum atomic E-state index is 0.643. The smallest absolute Gasteiger partial charge is 0.0637 e. The molecule has 3 nitrogen and oxygen atoms in total.